The molecule has 0 aliphatic heterocycles. The molecule has 0 amide bonds. The zero-order valence-corrected chi connectivity index (χ0v) is 11.7. The fourth-order valence-electron chi connectivity index (χ4n) is 1.46. The second-order valence-electron chi connectivity index (χ2n) is 3.60. The molecule has 0 aliphatic rings. The molecular formula is C12H9F3INO2. The Bertz CT molecular complexity index is 554. The van der Waals surface area contributed by atoms with Crippen molar-refractivity contribution in [3.8, 4) is 5.75 Å². The van der Waals surface area contributed by atoms with Crippen LogP contribution in [0, 0.1) is 3.77 Å². The first kappa shape index (κ1) is 14.0. The van der Waals surface area contributed by atoms with E-state index in [9.17, 15) is 13.2 Å². The van der Waals surface area contributed by atoms with Gasteiger partial charge in [0.25, 0.3) is 0 Å². The highest BCUT2D eigenvalue weighted by molar-refractivity contribution is 14.1. The van der Waals surface area contributed by atoms with Crippen molar-refractivity contribution >= 4 is 28.3 Å². The summed E-state index contributed by atoms with van der Waals surface area (Å²) in [6.45, 7) is 0.279. The summed E-state index contributed by atoms with van der Waals surface area (Å²) in [5, 5.41) is 2.84. The number of halogens is 4. The summed E-state index contributed by atoms with van der Waals surface area (Å²) in [6, 6.07) is 9.38. The molecule has 102 valence electrons. The van der Waals surface area contributed by atoms with E-state index in [0.717, 1.165) is 0 Å². The van der Waals surface area contributed by atoms with Crippen LogP contribution in [0.2, 0.25) is 0 Å². The zero-order chi connectivity index (χ0) is 13.9. The first-order valence-electron chi connectivity index (χ1n) is 5.27. The molecule has 2 rings (SSSR count). The van der Waals surface area contributed by atoms with Crippen LogP contribution in [0.4, 0.5) is 18.9 Å². The molecule has 0 saturated heterocycles. The van der Waals surface area contributed by atoms with Gasteiger partial charge in [0.2, 0.25) is 0 Å². The molecule has 2 aromatic rings. The Balaban J connectivity index is 2.07. The number of anilines is 1. The van der Waals surface area contributed by atoms with Gasteiger partial charge in [0.05, 0.1) is 12.2 Å². The molecule has 1 N–H and O–H groups in total. The first-order valence-corrected chi connectivity index (χ1v) is 6.35. The fourth-order valence-corrected chi connectivity index (χ4v) is 1.92. The van der Waals surface area contributed by atoms with Gasteiger partial charge in [0.15, 0.2) is 9.52 Å². The van der Waals surface area contributed by atoms with Gasteiger partial charge >= 0.3 is 6.36 Å². The standard InChI is InChI=1S/C12H9F3INO2/c13-12(14,15)19-10-4-2-1-3-9(10)17-7-8-5-6-11(16)18-8/h1-6,17H,7H2. The van der Waals surface area contributed by atoms with Crippen LogP contribution in [0.5, 0.6) is 5.75 Å². The molecule has 0 saturated carbocycles. The SMILES string of the molecule is FC(F)(F)Oc1ccccc1NCc1ccc(I)o1. The van der Waals surface area contributed by atoms with Gasteiger partial charge in [0, 0.05) is 0 Å². The van der Waals surface area contributed by atoms with Crippen molar-refractivity contribution in [1.82, 2.24) is 0 Å². The average molecular weight is 383 g/mol. The van der Waals surface area contributed by atoms with Gasteiger partial charge in [-0.2, -0.15) is 0 Å². The first-order chi connectivity index (χ1) is 8.94. The van der Waals surface area contributed by atoms with Crippen LogP contribution in [0.1, 0.15) is 5.76 Å². The maximum absolute atomic E-state index is 12.2. The quantitative estimate of drug-likeness (QED) is 0.796. The summed E-state index contributed by atoms with van der Waals surface area (Å²) in [7, 11) is 0. The third kappa shape index (κ3) is 4.34. The maximum atomic E-state index is 12.2. The van der Waals surface area contributed by atoms with E-state index in [1.807, 2.05) is 22.6 Å². The minimum absolute atomic E-state index is 0.256. The lowest BCUT2D eigenvalue weighted by atomic mass is 10.3. The van der Waals surface area contributed by atoms with E-state index in [0.29, 0.717) is 9.53 Å². The van der Waals surface area contributed by atoms with Crippen molar-refractivity contribution in [2.75, 3.05) is 5.32 Å². The number of hydrogen-bond donors (Lipinski definition) is 1. The number of ether oxygens (including phenoxy) is 1. The zero-order valence-electron chi connectivity index (χ0n) is 9.50. The van der Waals surface area contributed by atoms with E-state index in [1.165, 1.54) is 18.2 Å². The number of alkyl halides is 3. The Labute approximate surface area is 120 Å². The lowest BCUT2D eigenvalue weighted by molar-refractivity contribution is -0.274. The molecule has 3 nitrogen and oxygen atoms in total. The molecular weight excluding hydrogens is 374 g/mol. The highest BCUT2D eigenvalue weighted by Gasteiger charge is 2.32. The number of furan rings is 1. The Morgan fingerprint density at radius 3 is 2.53 bits per heavy atom. The van der Waals surface area contributed by atoms with Crippen LogP contribution in [0.25, 0.3) is 0 Å². The van der Waals surface area contributed by atoms with Gasteiger partial charge in [-0.1, -0.05) is 12.1 Å². The maximum Gasteiger partial charge on any atom is 0.573 e. The number of nitrogens with one attached hydrogen (secondary N) is 1. The molecule has 1 aromatic heterocycles. The number of hydrogen-bond acceptors (Lipinski definition) is 3. The van der Waals surface area contributed by atoms with Crippen molar-refractivity contribution in [2.45, 2.75) is 12.9 Å². The van der Waals surface area contributed by atoms with E-state index in [4.69, 9.17) is 4.42 Å². The molecule has 19 heavy (non-hydrogen) atoms. The van der Waals surface area contributed by atoms with Crippen LogP contribution < -0.4 is 10.1 Å². The molecule has 0 spiro atoms. The Kier molecular flexibility index (Phi) is 4.23. The van der Waals surface area contributed by atoms with Gasteiger partial charge in [0.1, 0.15) is 5.76 Å². The van der Waals surface area contributed by atoms with Crippen LogP contribution in [0.3, 0.4) is 0 Å². The Morgan fingerprint density at radius 2 is 1.89 bits per heavy atom. The average Bonchev–Trinajstić information content (AvgIpc) is 2.72. The van der Waals surface area contributed by atoms with Crippen LogP contribution >= 0.6 is 22.6 Å². The number of rotatable bonds is 4. The normalized spacial score (nSPS) is 11.4. The van der Waals surface area contributed by atoms with Gasteiger partial charge in [-0.3, -0.25) is 0 Å². The molecule has 0 atom stereocenters. The van der Waals surface area contributed by atoms with Crippen molar-refractivity contribution in [1.29, 1.82) is 0 Å². The highest BCUT2D eigenvalue weighted by Crippen LogP contribution is 2.30. The van der Waals surface area contributed by atoms with E-state index in [-0.39, 0.29) is 18.0 Å². The van der Waals surface area contributed by atoms with Gasteiger partial charge in [-0.25, -0.2) is 0 Å². The molecule has 1 heterocycles. The summed E-state index contributed by atoms with van der Waals surface area (Å²) in [5.74, 6) is 0.363. The molecule has 0 bridgehead atoms. The fraction of sp³-hybridized carbons (Fsp3) is 0.167. The van der Waals surface area contributed by atoms with Crippen LogP contribution in [-0.2, 0) is 6.54 Å². The smallest absolute Gasteiger partial charge is 0.454 e. The number of benzene rings is 1. The van der Waals surface area contributed by atoms with Crippen molar-refractivity contribution in [3.05, 3.63) is 45.9 Å². The summed E-state index contributed by atoms with van der Waals surface area (Å²) in [6.07, 6.45) is -4.71. The summed E-state index contributed by atoms with van der Waals surface area (Å²) >= 11 is 2.01. The molecule has 0 aliphatic carbocycles. The lowest BCUT2D eigenvalue weighted by Gasteiger charge is -2.13. The third-order valence-electron chi connectivity index (χ3n) is 2.19. The van der Waals surface area contributed by atoms with Crippen LogP contribution in [0.15, 0.2) is 40.8 Å². The molecule has 7 heteroatoms. The van der Waals surface area contributed by atoms with E-state index in [2.05, 4.69) is 10.1 Å². The Morgan fingerprint density at radius 1 is 1.16 bits per heavy atom. The largest absolute Gasteiger partial charge is 0.573 e. The molecule has 0 fully saturated rings. The number of para-hydroxylation sites is 2. The van der Waals surface area contributed by atoms with Crippen LogP contribution in [-0.4, -0.2) is 6.36 Å². The van der Waals surface area contributed by atoms with Crippen molar-refractivity contribution in [2.24, 2.45) is 0 Å². The minimum atomic E-state index is -4.71. The van der Waals surface area contributed by atoms with Crippen molar-refractivity contribution < 1.29 is 22.3 Å². The predicted octanol–water partition coefficient (Wildman–Crippen LogP) is 4.39. The molecule has 0 radical (unpaired) electrons. The van der Waals surface area contributed by atoms with E-state index >= 15 is 0 Å². The lowest BCUT2D eigenvalue weighted by Crippen LogP contribution is -2.18. The van der Waals surface area contributed by atoms with Crippen molar-refractivity contribution in [3.63, 3.8) is 0 Å². The minimum Gasteiger partial charge on any atom is -0.454 e. The monoisotopic (exact) mass is 383 g/mol. The van der Waals surface area contributed by atoms with Gasteiger partial charge in [-0.15, -0.1) is 13.2 Å². The highest BCUT2D eigenvalue weighted by atomic mass is 127. The second-order valence-corrected chi connectivity index (χ2v) is 4.67. The second kappa shape index (κ2) is 5.72. The van der Waals surface area contributed by atoms with E-state index < -0.39 is 6.36 Å². The molecule has 0 unspecified atom stereocenters. The predicted molar refractivity (Wildman–Crippen MR) is 71.9 cm³/mol. The Hall–Kier alpha value is -1.38. The summed E-state index contributed by atoms with van der Waals surface area (Å²) < 4.78 is 46.6. The van der Waals surface area contributed by atoms with E-state index in [1.54, 1.807) is 18.2 Å². The third-order valence-corrected chi connectivity index (χ3v) is 2.77. The van der Waals surface area contributed by atoms with Gasteiger partial charge < -0.3 is 14.5 Å². The summed E-state index contributed by atoms with van der Waals surface area (Å²) in [4.78, 5) is 0. The topological polar surface area (TPSA) is 34.4 Å². The van der Waals surface area contributed by atoms with Gasteiger partial charge in [-0.05, 0) is 46.9 Å². The summed E-state index contributed by atoms with van der Waals surface area (Å²) in [5.41, 5.74) is 0.256. The molecule has 1 aromatic carbocycles.